The van der Waals surface area contributed by atoms with Gasteiger partial charge in [-0.15, -0.1) is 10.2 Å². The second kappa shape index (κ2) is 7.68. The molecule has 0 fully saturated rings. The van der Waals surface area contributed by atoms with E-state index in [9.17, 15) is 5.11 Å². The standard InChI is InChI=1S/C18H15N5O3S/c1-11(24)12-2-4-13(5-3-12)16-20-15(26-23-16)10-27-18-22-21-17(25-18)14-6-8-19-9-7-14/h2-9,11,24H,10H2,1H3. The van der Waals surface area contributed by atoms with E-state index in [1.807, 2.05) is 24.3 Å². The quantitative estimate of drug-likeness (QED) is 0.501. The first-order valence-electron chi connectivity index (χ1n) is 8.17. The molecule has 27 heavy (non-hydrogen) atoms. The van der Waals surface area contributed by atoms with Gasteiger partial charge in [-0.25, -0.2) is 0 Å². The molecule has 1 atom stereocenters. The van der Waals surface area contributed by atoms with Crippen LogP contribution in [0.1, 0.15) is 24.5 Å². The fourth-order valence-corrected chi connectivity index (χ4v) is 2.94. The predicted octanol–water partition coefficient (Wildman–Crippen LogP) is 3.53. The van der Waals surface area contributed by atoms with Crippen molar-refractivity contribution < 1.29 is 14.0 Å². The molecule has 3 aromatic heterocycles. The van der Waals surface area contributed by atoms with Gasteiger partial charge in [-0.1, -0.05) is 41.2 Å². The van der Waals surface area contributed by atoms with Crippen molar-refractivity contribution >= 4 is 11.8 Å². The lowest BCUT2D eigenvalue weighted by Crippen LogP contribution is -1.90. The van der Waals surface area contributed by atoms with Crippen LogP contribution in [-0.4, -0.2) is 30.4 Å². The SMILES string of the molecule is CC(O)c1ccc(-c2noc(CSc3nnc(-c4ccncc4)o3)n2)cc1. The third kappa shape index (κ3) is 4.04. The summed E-state index contributed by atoms with van der Waals surface area (Å²) in [5.74, 6) is 1.80. The van der Waals surface area contributed by atoms with Crippen molar-refractivity contribution in [3.63, 3.8) is 0 Å². The lowest BCUT2D eigenvalue weighted by Gasteiger charge is -2.03. The van der Waals surface area contributed by atoms with Crippen LogP contribution in [0.5, 0.6) is 0 Å². The van der Waals surface area contributed by atoms with Crippen LogP contribution in [0.4, 0.5) is 0 Å². The van der Waals surface area contributed by atoms with Gasteiger partial charge in [-0.2, -0.15) is 4.98 Å². The first kappa shape index (κ1) is 17.4. The smallest absolute Gasteiger partial charge is 0.277 e. The summed E-state index contributed by atoms with van der Waals surface area (Å²) < 4.78 is 10.9. The number of hydrogen-bond donors (Lipinski definition) is 1. The largest absolute Gasteiger partial charge is 0.411 e. The monoisotopic (exact) mass is 381 g/mol. The van der Waals surface area contributed by atoms with Crippen molar-refractivity contribution in [3.8, 4) is 22.8 Å². The van der Waals surface area contributed by atoms with Crippen molar-refractivity contribution in [2.75, 3.05) is 0 Å². The second-order valence-electron chi connectivity index (χ2n) is 5.71. The highest BCUT2D eigenvalue weighted by Crippen LogP contribution is 2.26. The molecule has 1 aromatic carbocycles. The molecule has 0 saturated heterocycles. The Labute approximate surface area is 158 Å². The molecule has 0 bridgehead atoms. The Morgan fingerprint density at radius 1 is 1.04 bits per heavy atom. The molecule has 0 aliphatic heterocycles. The Hall–Kier alpha value is -3.04. The lowest BCUT2D eigenvalue weighted by molar-refractivity contribution is 0.199. The lowest BCUT2D eigenvalue weighted by atomic mass is 10.1. The van der Waals surface area contributed by atoms with Crippen LogP contribution < -0.4 is 0 Å². The van der Waals surface area contributed by atoms with Gasteiger partial charge in [-0.05, 0) is 24.6 Å². The molecule has 0 amide bonds. The summed E-state index contributed by atoms with van der Waals surface area (Å²) in [6, 6.07) is 11.0. The Bertz CT molecular complexity index is 1010. The van der Waals surface area contributed by atoms with Crippen molar-refractivity contribution in [1.82, 2.24) is 25.3 Å². The van der Waals surface area contributed by atoms with Crippen LogP contribution in [0, 0.1) is 0 Å². The van der Waals surface area contributed by atoms with E-state index in [0.717, 1.165) is 16.7 Å². The molecule has 136 valence electrons. The summed E-state index contributed by atoms with van der Waals surface area (Å²) in [6.07, 6.45) is 2.82. The average Bonchev–Trinajstić information content (AvgIpc) is 3.37. The van der Waals surface area contributed by atoms with Gasteiger partial charge in [0.1, 0.15) is 0 Å². The zero-order chi connectivity index (χ0) is 18.6. The number of pyridine rings is 1. The molecule has 1 unspecified atom stereocenters. The summed E-state index contributed by atoms with van der Waals surface area (Å²) in [7, 11) is 0. The van der Waals surface area contributed by atoms with Crippen LogP contribution in [0.2, 0.25) is 0 Å². The molecular formula is C18H15N5O3S. The molecule has 4 rings (SSSR count). The van der Waals surface area contributed by atoms with Gasteiger partial charge < -0.3 is 14.0 Å². The van der Waals surface area contributed by atoms with E-state index in [1.54, 1.807) is 31.5 Å². The number of rotatable bonds is 6. The van der Waals surface area contributed by atoms with Gasteiger partial charge in [0.05, 0.1) is 11.9 Å². The van der Waals surface area contributed by atoms with Gasteiger partial charge in [0, 0.05) is 23.5 Å². The highest BCUT2D eigenvalue weighted by molar-refractivity contribution is 7.98. The Balaban J connectivity index is 1.41. The molecule has 1 N–H and O–H groups in total. The van der Waals surface area contributed by atoms with Crippen LogP contribution >= 0.6 is 11.8 Å². The van der Waals surface area contributed by atoms with E-state index in [4.69, 9.17) is 8.94 Å². The van der Waals surface area contributed by atoms with E-state index < -0.39 is 6.10 Å². The fraction of sp³-hybridized carbons (Fsp3) is 0.167. The summed E-state index contributed by atoms with van der Waals surface area (Å²) in [4.78, 5) is 8.34. The van der Waals surface area contributed by atoms with Crippen molar-refractivity contribution in [3.05, 3.63) is 60.2 Å². The summed E-state index contributed by atoms with van der Waals surface area (Å²) in [5, 5.41) is 22.0. The number of aromatic nitrogens is 5. The summed E-state index contributed by atoms with van der Waals surface area (Å²) >= 11 is 1.32. The number of nitrogens with zero attached hydrogens (tertiary/aromatic N) is 5. The number of thioether (sulfide) groups is 1. The zero-order valence-corrected chi connectivity index (χ0v) is 15.1. The van der Waals surface area contributed by atoms with Gasteiger partial charge in [-0.3, -0.25) is 4.98 Å². The molecule has 0 aliphatic carbocycles. The third-order valence-electron chi connectivity index (χ3n) is 3.77. The van der Waals surface area contributed by atoms with Crippen LogP contribution in [0.15, 0.2) is 63.0 Å². The van der Waals surface area contributed by atoms with E-state index in [2.05, 4.69) is 25.3 Å². The van der Waals surface area contributed by atoms with E-state index in [1.165, 1.54) is 11.8 Å². The van der Waals surface area contributed by atoms with Crippen molar-refractivity contribution in [1.29, 1.82) is 0 Å². The van der Waals surface area contributed by atoms with Gasteiger partial charge in [0.15, 0.2) is 0 Å². The highest BCUT2D eigenvalue weighted by Gasteiger charge is 2.13. The zero-order valence-electron chi connectivity index (χ0n) is 14.3. The van der Waals surface area contributed by atoms with Gasteiger partial charge in [0.2, 0.25) is 17.6 Å². The topological polar surface area (TPSA) is 111 Å². The number of aliphatic hydroxyl groups excluding tert-OH is 1. The highest BCUT2D eigenvalue weighted by atomic mass is 32.2. The minimum atomic E-state index is -0.511. The van der Waals surface area contributed by atoms with E-state index >= 15 is 0 Å². The summed E-state index contributed by atoms with van der Waals surface area (Å²) in [5.41, 5.74) is 2.46. The molecule has 3 heterocycles. The Kier molecular flexibility index (Phi) is 4.95. The Morgan fingerprint density at radius 3 is 2.56 bits per heavy atom. The second-order valence-corrected chi connectivity index (χ2v) is 6.63. The molecule has 4 aromatic rings. The predicted molar refractivity (Wildman–Crippen MR) is 97.5 cm³/mol. The van der Waals surface area contributed by atoms with Gasteiger partial charge in [0.25, 0.3) is 5.22 Å². The molecule has 8 nitrogen and oxygen atoms in total. The fourth-order valence-electron chi connectivity index (χ4n) is 2.34. The van der Waals surface area contributed by atoms with Crippen molar-refractivity contribution in [2.45, 2.75) is 24.0 Å². The molecule has 0 saturated carbocycles. The molecule has 0 spiro atoms. The van der Waals surface area contributed by atoms with Crippen LogP contribution in [0.3, 0.4) is 0 Å². The number of benzene rings is 1. The Morgan fingerprint density at radius 2 is 1.81 bits per heavy atom. The minimum absolute atomic E-state index is 0.413. The maximum atomic E-state index is 9.57. The van der Waals surface area contributed by atoms with E-state index in [-0.39, 0.29) is 0 Å². The van der Waals surface area contributed by atoms with E-state index in [0.29, 0.717) is 28.6 Å². The minimum Gasteiger partial charge on any atom is -0.411 e. The molecule has 0 radical (unpaired) electrons. The summed E-state index contributed by atoms with van der Waals surface area (Å²) in [6.45, 7) is 1.72. The maximum absolute atomic E-state index is 9.57. The van der Waals surface area contributed by atoms with Crippen LogP contribution in [0.25, 0.3) is 22.8 Å². The molecule has 0 aliphatic rings. The van der Waals surface area contributed by atoms with Gasteiger partial charge >= 0.3 is 0 Å². The van der Waals surface area contributed by atoms with Crippen LogP contribution in [-0.2, 0) is 5.75 Å². The van der Waals surface area contributed by atoms with Crippen molar-refractivity contribution in [2.24, 2.45) is 0 Å². The normalized spacial score (nSPS) is 12.2. The molecule has 9 heteroatoms. The molecular weight excluding hydrogens is 366 g/mol. The average molecular weight is 381 g/mol. The first-order chi connectivity index (χ1) is 13.2. The number of aliphatic hydroxyl groups is 1. The third-order valence-corrected chi connectivity index (χ3v) is 4.58. The maximum Gasteiger partial charge on any atom is 0.277 e. The number of hydrogen-bond acceptors (Lipinski definition) is 9. The first-order valence-corrected chi connectivity index (χ1v) is 9.15.